The van der Waals surface area contributed by atoms with Gasteiger partial charge in [0.05, 0.1) is 22.7 Å². The first kappa shape index (κ1) is 12.4. The number of nitriles is 1. The molecule has 0 radical (unpaired) electrons. The maximum absolute atomic E-state index is 8.99. The Kier molecular flexibility index (Phi) is 2.96. The molecule has 1 aromatic carbocycles. The summed E-state index contributed by atoms with van der Waals surface area (Å²) in [5.74, 6) is 0.857. The molecule has 0 N–H and O–H groups in total. The molecule has 0 saturated heterocycles. The van der Waals surface area contributed by atoms with E-state index in [4.69, 9.17) is 5.26 Å². The van der Waals surface area contributed by atoms with E-state index >= 15 is 0 Å². The molecule has 0 bridgehead atoms. The monoisotopic (exact) mass is 262 g/mol. The van der Waals surface area contributed by atoms with E-state index in [0.29, 0.717) is 5.56 Å². The van der Waals surface area contributed by atoms with Crippen molar-refractivity contribution < 1.29 is 0 Å². The van der Waals surface area contributed by atoms with Crippen LogP contribution in [0.4, 0.5) is 0 Å². The molecule has 0 saturated carbocycles. The summed E-state index contributed by atoms with van der Waals surface area (Å²) in [5.41, 5.74) is 4.49. The summed E-state index contributed by atoms with van der Waals surface area (Å²) >= 11 is 0. The molecule has 0 amide bonds. The molecule has 20 heavy (non-hydrogen) atoms. The minimum Gasteiger partial charge on any atom is -0.323 e. The molecule has 2 heterocycles. The topological polar surface area (TPSA) is 54.5 Å². The molecule has 0 aliphatic rings. The third-order valence-electron chi connectivity index (χ3n) is 3.41. The van der Waals surface area contributed by atoms with Gasteiger partial charge in [0.25, 0.3) is 0 Å². The standard InChI is InChI=1S/C16H14N4/c1-3-20-14-7-6-12(10-17)9-13(14)19-16(20)15-11(2)5-4-8-18-15/h4-9H,3H2,1-2H3. The highest BCUT2D eigenvalue weighted by atomic mass is 15.1. The number of pyridine rings is 1. The van der Waals surface area contributed by atoms with Crippen LogP contribution in [0.15, 0.2) is 36.5 Å². The van der Waals surface area contributed by atoms with Crippen molar-refractivity contribution in [2.45, 2.75) is 20.4 Å². The zero-order chi connectivity index (χ0) is 14.1. The molecule has 0 aliphatic carbocycles. The van der Waals surface area contributed by atoms with Crippen LogP contribution in [0, 0.1) is 18.3 Å². The quantitative estimate of drug-likeness (QED) is 0.712. The van der Waals surface area contributed by atoms with Crippen LogP contribution in [0.25, 0.3) is 22.6 Å². The molecule has 0 spiro atoms. The van der Waals surface area contributed by atoms with Gasteiger partial charge in [0.2, 0.25) is 0 Å². The molecule has 4 nitrogen and oxygen atoms in total. The van der Waals surface area contributed by atoms with Crippen molar-refractivity contribution in [3.63, 3.8) is 0 Å². The van der Waals surface area contributed by atoms with Crippen molar-refractivity contribution in [2.24, 2.45) is 0 Å². The van der Waals surface area contributed by atoms with Crippen LogP contribution < -0.4 is 0 Å². The van der Waals surface area contributed by atoms with Crippen molar-refractivity contribution in [2.75, 3.05) is 0 Å². The summed E-state index contributed by atoms with van der Waals surface area (Å²) in [7, 11) is 0. The van der Waals surface area contributed by atoms with E-state index in [1.54, 1.807) is 6.20 Å². The summed E-state index contributed by atoms with van der Waals surface area (Å²) in [5, 5.41) is 8.99. The fourth-order valence-electron chi connectivity index (χ4n) is 2.42. The predicted octanol–water partition coefficient (Wildman–Crippen LogP) is 3.30. The number of aromatic nitrogens is 3. The normalized spacial score (nSPS) is 10.7. The lowest BCUT2D eigenvalue weighted by molar-refractivity contribution is 0.792. The number of aryl methyl sites for hydroxylation is 2. The van der Waals surface area contributed by atoms with Crippen LogP contribution in [-0.4, -0.2) is 14.5 Å². The minimum absolute atomic E-state index is 0.627. The van der Waals surface area contributed by atoms with Crippen molar-refractivity contribution in [1.82, 2.24) is 14.5 Å². The van der Waals surface area contributed by atoms with Gasteiger partial charge in [-0.25, -0.2) is 4.98 Å². The van der Waals surface area contributed by atoms with E-state index in [1.807, 2.05) is 37.3 Å². The van der Waals surface area contributed by atoms with Crippen LogP contribution in [-0.2, 0) is 6.54 Å². The molecule has 2 aromatic heterocycles. The van der Waals surface area contributed by atoms with Crippen molar-refractivity contribution >= 4 is 11.0 Å². The number of nitrogens with zero attached hydrogens (tertiary/aromatic N) is 4. The van der Waals surface area contributed by atoms with Gasteiger partial charge >= 0.3 is 0 Å². The molecule has 98 valence electrons. The summed E-state index contributed by atoms with van der Waals surface area (Å²) in [6, 6.07) is 11.7. The lowest BCUT2D eigenvalue weighted by Crippen LogP contribution is -2.00. The van der Waals surface area contributed by atoms with Gasteiger partial charge < -0.3 is 4.57 Å². The number of benzene rings is 1. The SMILES string of the molecule is CCn1c(-c2ncccc2C)nc2cc(C#N)ccc21. The van der Waals surface area contributed by atoms with Gasteiger partial charge in [-0.3, -0.25) is 4.98 Å². The van der Waals surface area contributed by atoms with E-state index in [1.165, 1.54) is 0 Å². The van der Waals surface area contributed by atoms with E-state index < -0.39 is 0 Å². The lowest BCUT2D eigenvalue weighted by atomic mass is 10.2. The summed E-state index contributed by atoms with van der Waals surface area (Å²) in [6.45, 7) is 4.93. The van der Waals surface area contributed by atoms with Crippen molar-refractivity contribution in [1.29, 1.82) is 5.26 Å². The third kappa shape index (κ3) is 1.84. The van der Waals surface area contributed by atoms with E-state index in [0.717, 1.165) is 34.7 Å². The Labute approximate surface area is 117 Å². The average Bonchev–Trinajstić information content (AvgIpc) is 2.84. The Bertz CT molecular complexity index is 824. The number of hydrogen-bond acceptors (Lipinski definition) is 3. The highest BCUT2D eigenvalue weighted by Gasteiger charge is 2.14. The van der Waals surface area contributed by atoms with E-state index in [-0.39, 0.29) is 0 Å². The molecular weight excluding hydrogens is 248 g/mol. The maximum atomic E-state index is 8.99. The number of fused-ring (bicyclic) bond motifs is 1. The Morgan fingerprint density at radius 2 is 2.15 bits per heavy atom. The maximum Gasteiger partial charge on any atom is 0.160 e. The Balaban J connectivity index is 2.31. The molecule has 3 aromatic rings. The minimum atomic E-state index is 0.627. The number of imidazole rings is 1. The fourth-order valence-corrected chi connectivity index (χ4v) is 2.42. The summed E-state index contributed by atoms with van der Waals surface area (Å²) in [6.07, 6.45) is 1.78. The van der Waals surface area contributed by atoms with Crippen LogP contribution >= 0.6 is 0 Å². The second-order valence-corrected chi connectivity index (χ2v) is 4.66. The van der Waals surface area contributed by atoms with Crippen molar-refractivity contribution in [3.05, 3.63) is 47.7 Å². The largest absolute Gasteiger partial charge is 0.323 e. The van der Waals surface area contributed by atoms with Crippen LogP contribution in [0.5, 0.6) is 0 Å². The molecule has 3 rings (SSSR count). The van der Waals surface area contributed by atoms with Gasteiger partial charge in [0.1, 0.15) is 5.69 Å². The first-order chi connectivity index (χ1) is 9.74. The first-order valence-electron chi connectivity index (χ1n) is 6.57. The lowest BCUT2D eigenvalue weighted by Gasteiger charge is -2.07. The van der Waals surface area contributed by atoms with Gasteiger partial charge in [-0.2, -0.15) is 5.26 Å². The highest BCUT2D eigenvalue weighted by molar-refractivity contribution is 5.81. The highest BCUT2D eigenvalue weighted by Crippen LogP contribution is 2.26. The molecule has 0 unspecified atom stereocenters. The Morgan fingerprint density at radius 1 is 1.30 bits per heavy atom. The van der Waals surface area contributed by atoms with Crippen molar-refractivity contribution in [3.8, 4) is 17.6 Å². The summed E-state index contributed by atoms with van der Waals surface area (Å²) in [4.78, 5) is 9.12. The third-order valence-corrected chi connectivity index (χ3v) is 3.41. The number of hydrogen-bond donors (Lipinski definition) is 0. The number of rotatable bonds is 2. The van der Waals surface area contributed by atoms with E-state index in [9.17, 15) is 0 Å². The Hall–Kier alpha value is -2.67. The molecule has 0 atom stereocenters. The van der Waals surface area contributed by atoms with Crippen LogP contribution in [0.3, 0.4) is 0 Å². The van der Waals surface area contributed by atoms with Crippen LogP contribution in [0.2, 0.25) is 0 Å². The molecule has 0 aliphatic heterocycles. The predicted molar refractivity (Wildman–Crippen MR) is 78.1 cm³/mol. The smallest absolute Gasteiger partial charge is 0.160 e. The average molecular weight is 262 g/mol. The first-order valence-corrected chi connectivity index (χ1v) is 6.57. The van der Waals surface area contributed by atoms with Gasteiger partial charge in [0.15, 0.2) is 5.82 Å². The molecular formula is C16H14N4. The summed E-state index contributed by atoms with van der Waals surface area (Å²) < 4.78 is 2.13. The van der Waals surface area contributed by atoms with Gasteiger partial charge in [-0.15, -0.1) is 0 Å². The van der Waals surface area contributed by atoms with Crippen LogP contribution in [0.1, 0.15) is 18.1 Å². The zero-order valence-electron chi connectivity index (χ0n) is 11.5. The van der Waals surface area contributed by atoms with Gasteiger partial charge in [-0.1, -0.05) is 6.07 Å². The molecule has 4 heteroatoms. The van der Waals surface area contributed by atoms with Gasteiger partial charge in [0, 0.05) is 12.7 Å². The second kappa shape index (κ2) is 4.78. The second-order valence-electron chi connectivity index (χ2n) is 4.66. The van der Waals surface area contributed by atoms with E-state index in [2.05, 4.69) is 27.5 Å². The van der Waals surface area contributed by atoms with Gasteiger partial charge in [-0.05, 0) is 43.7 Å². The fraction of sp³-hybridized carbons (Fsp3) is 0.188. The molecule has 0 fully saturated rings. The Morgan fingerprint density at radius 3 is 2.85 bits per heavy atom. The zero-order valence-corrected chi connectivity index (χ0v) is 11.5.